The van der Waals surface area contributed by atoms with Gasteiger partial charge in [-0.15, -0.1) is 0 Å². The predicted molar refractivity (Wildman–Crippen MR) is 121 cm³/mol. The summed E-state index contributed by atoms with van der Waals surface area (Å²) in [6.45, 7) is 0.541. The Balaban J connectivity index is 1.37. The van der Waals surface area contributed by atoms with Gasteiger partial charge in [0.25, 0.3) is 10.0 Å². The highest BCUT2D eigenvalue weighted by atomic mass is 32.2. The van der Waals surface area contributed by atoms with Gasteiger partial charge in [0.1, 0.15) is 0 Å². The van der Waals surface area contributed by atoms with Gasteiger partial charge in [0.05, 0.1) is 10.6 Å². The maximum absolute atomic E-state index is 13.2. The average molecular weight is 452 g/mol. The third-order valence-electron chi connectivity index (χ3n) is 5.38. The normalized spacial score (nSPS) is 14.6. The number of urea groups is 1. The van der Waals surface area contributed by atoms with Crippen molar-refractivity contribution >= 4 is 33.1 Å². The number of amides is 2. The van der Waals surface area contributed by atoms with Gasteiger partial charge in [-0.3, -0.25) is 4.31 Å². The minimum Gasteiger partial charge on any atom is -0.454 e. The molecule has 0 aliphatic carbocycles. The van der Waals surface area contributed by atoms with Gasteiger partial charge in [-0.25, -0.2) is 13.2 Å². The van der Waals surface area contributed by atoms with Crippen molar-refractivity contribution in [2.75, 3.05) is 28.3 Å². The van der Waals surface area contributed by atoms with E-state index in [0.29, 0.717) is 35.1 Å². The van der Waals surface area contributed by atoms with Crippen LogP contribution in [0, 0.1) is 0 Å². The molecule has 2 aliphatic heterocycles. The van der Waals surface area contributed by atoms with Crippen molar-refractivity contribution in [1.82, 2.24) is 0 Å². The molecule has 3 aromatic rings. The fraction of sp³-hybridized carbons (Fsp3) is 0.174. The van der Waals surface area contributed by atoms with Crippen LogP contribution in [0.2, 0.25) is 0 Å². The Labute approximate surface area is 185 Å². The number of benzene rings is 3. The molecule has 2 amide bonds. The van der Waals surface area contributed by atoms with Gasteiger partial charge in [0.2, 0.25) is 6.79 Å². The summed E-state index contributed by atoms with van der Waals surface area (Å²) >= 11 is 0. The van der Waals surface area contributed by atoms with E-state index in [9.17, 15) is 13.2 Å². The number of anilines is 3. The maximum atomic E-state index is 13.2. The Kier molecular flexibility index (Phi) is 5.10. The zero-order chi connectivity index (χ0) is 22.1. The van der Waals surface area contributed by atoms with Crippen LogP contribution in [0.5, 0.6) is 11.5 Å². The number of hydrogen-bond donors (Lipinski definition) is 2. The number of rotatable bonds is 4. The number of carbonyl (C=O) groups excluding carboxylic acids is 1. The van der Waals surface area contributed by atoms with Gasteiger partial charge in [-0.05, 0) is 54.8 Å². The quantitative estimate of drug-likeness (QED) is 0.620. The minimum atomic E-state index is -3.70. The number of sulfonamides is 1. The van der Waals surface area contributed by atoms with Gasteiger partial charge in [0, 0.05) is 24.0 Å². The molecule has 8 nitrogen and oxygen atoms in total. The lowest BCUT2D eigenvalue weighted by Crippen LogP contribution is -2.35. The zero-order valence-corrected chi connectivity index (χ0v) is 17.9. The monoisotopic (exact) mass is 451 g/mol. The maximum Gasteiger partial charge on any atom is 0.323 e. The fourth-order valence-corrected chi connectivity index (χ4v) is 5.41. The van der Waals surface area contributed by atoms with Crippen LogP contribution in [0.25, 0.3) is 0 Å². The summed E-state index contributed by atoms with van der Waals surface area (Å²) in [6.07, 6.45) is 1.51. The Morgan fingerprint density at radius 3 is 2.41 bits per heavy atom. The average Bonchev–Trinajstić information content (AvgIpc) is 3.27. The van der Waals surface area contributed by atoms with Gasteiger partial charge in [0.15, 0.2) is 11.5 Å². The van der Waals surface area contributed by atoms with E-state index in [-0.39, 0.29) is 11.7 Å². The van der Waals surface area contributed by atoms with E-state index in [1.807, 2.05) is 6.07 Å². The molecule has 164 valence electrons. The lowest BCUT2D eigenvalue weighted by atomic mass is 10.0. The zero-order valence-electron chi connectivity index (χ0n) is 17.1. The summed E-state index contributed by atoms with van der Waals surface area (Å²) in [7, 11) is -3.70. The van der Waals surface area contributed by atoms with Crippen molar-refractivity contribution in [3.05, 3.63) is 72.3 Å². The Hall–Kier alpha value is -3.72. The van der Waals surface area contributed by atoms with Crippen LogP contribution >= 0.6 is 0 Å². The Morgan fingerprint density at radius 1 is 0.875 bits per heavy atom. The largest absolute Gasteiger partial charge is 0.454 e. The number of nitrogens with one attached hydrogen (secondary N) is 2. The fourth-order valence-electron chi connectivity index (χ4n) is 3.86. The van der Waals surface area contributed by atoms with E-state index < -0.39 is 16.1 Å². The van der Waals surface area contributed by atoms with Gasteiger partial charge < -0.3 is 20.1 Å². The highest BCUT2D eigenvalue weighted by Crippen LogP contribution is 2.35. The van der Waals surface area contributed by atoms with Gasteiger partial charge in [-0.2, -0.15) is 0 Å². The molecule has 0 bridgehead atoms. The highest BCUT2D eigenvalue weighted by molar-refractivity contribution is 7.92. The first-order valence-corrected chi connectivity index (χ1v) is 11.6. The minimum absolute atomic E-state index is 0.155. The van der Waals surface area contributed by atoms with Gasteiger partial charge in [-0.1, -0.05) is 24.3 Å². The molecule has 0 fully saturated rings. The molecule has 0 saturated heterocycles. The van der Waals surface area contributed by atoms with Crippen molar-refractivity contribution in [3.8, 4) is 11.5 Å². The van der Waals surface area contributed by atoms with Gasteiger partial charge >= 0.3 is 6.03 Å². The van der Waals surface area contributed by atoms with E-state index in [1.54, 1.807) is 60.7 Å². The van der Waals surface area contributed by atoms with E-state index >= 15 is 0 Å². The molecular weight excluding hydrogens is 430 g/mol. The molecule has 2 N–H and O–H groups in total. The molecular formula is C23H21N3O5S. The molecule has 9 heteroatoms. The topological polar surface area (TPSA) is 97.0 Å². The van der Waals surface area contributed by atoms with Crippen LogP contribution in [0.1, 0.15) is 12.0 Å². The van der Waals surface area contributed by atoms with E-state index in [2.05, 4.69) is 10.6 Å². The molecule has 0 aromatic heterocycles. The number of carbonyl (C=O) groups is 1. The number of hydrogen-bond acceptors (Lipinski definition) is 5. The SMILES string of the molecule is O=C(Nc1ccc2c(c1)OCO2)Nc1ccc2c(c1)N(S(=O)(=O)c1ccccc1)CCC2. The summed E-state index contributed by atoms with van der Waals surface area (Å²) in [5, 5.41) is 5.53. The molecule has 0 atom stereocenters. The molecule has 0 radical (unpaired) electrons. The van der Waals surface area contributed by atoms with E-state index in [1.165, 1.54) is 4.31 Å². The highest BCUT2D eigenvalue weighted by Gasteiger charge is 2.29. The lowest BCUT2D eigenvalue weighted by Gasteiger charge is -2.31. The van der Waals surface area contributed by atoms with Crippen LogP contribution in [0.4, 0.5) is 21.9 Å². The number of aryl methyl sites for hydroxylation is 1. The standard InChI is InChI=1S/C23H21N3O5S/c27-23(25-18-10-11-21-22(14-18)31-15-30-21)24-17-9-8-16-5-4-12-26(20(16)13-17)32(28,29)19-6-2-1-3-7-19/h1-3,6-11,13-14H,4-5,12,15H2,(H2,24,25,27). The third-order valence-corrected chi connectivity index (χ3v) is 7.21. The summed E-state index contributed by atoms with van der Waals surface area (Å²) in [4.78, 5) is 12.8. The van der Waals surface area contributed by atoms with Crippen LogP contribution in [0.15, 0.2) is 71.6 Å². The second kappa shape index (κ2) is 8.08. The summed E-state index contributed by atoms with van der Waals surface area (Å²) in [5.41, 5.74) is 2.56. The predicted octanol–water partition coefficient (Wildman–Crippen LogP) is 4.20. The smallest absolute Gasteiger partial charge is 0.323 e. The second-order valence-electron chi connectivity index (χ2n) is 7.48. The Bertz CT molecular complexity index is 1280. The number of fused-ring (bicyclic) bond motifs is 2. The Morgan fingerprint density at radius 2 is 1.59 bits per heavy atom. The summed E-state index contributed by atoms with van der Waals surface area (Å²) in [6, 6.07) is 18.4. The first-order valence-electron chi connectivity index (χ1n) is 10.2. The van der Waals surface area contributed by atoms with Crippen molar-refractivity contribution in [3.63, 3.8) is 0 Å². The molecule has 32 heavy (non-hydrogen) atoms. The molecule has 0 unspecified atom stereocenters. The summed E-state index contributed by atoms with van der Waals surface area (Å²) in [5.74, 6) is 1.20. The van der Waals surface area contributed by atoms with Crippen LogP contribution in [-0.4, -0.2) is 27.8 Å². The molecule has 5 rings (SSSR count). The van der Waals surface area contributed by atoms with Crippen molar-refractivity contribution in [1.29, 1.82) is 0 Å². The number of nitrogens with zero attached hydrogens (tertiary/aromatic N) is 1. The van der Waals surface area contributed by atoms with Crippen molar-refractivity contribution in [2.45, 2.75) is 17.7 Å². The van der Waals surface area contributed by atoms with Crippen LogP contribution in [-0.2, 0) is 16.4 Å². The first kappa shape index (κ1) is 20.2. The molecule has 0 spiro atoms. The molecule has 0 saturated carbocycles. The molecule has 2 heterocycles. The molecule has 2 aliphatic rings. The third kappa shape index (κ3) is 3.82. The number of ether oxygens (including phenoxy) is 2. The van der Waals surface area contributed by atoms with Crippen LogP contribution < -0.4 is 24.4 Å². The van der Waals surface area contributed by atoms with Crippen molar-refractivity contribution < 1.29 is 22.7 Å². The summed E-state index contributed by atoms with van der Waals surface area (Å²) < 4.78 is 38.5. The molecule has 3 aromatic carbocycles. The van der Waals surface area contributed by atoms with E-state index in [4.69, 9.17) is 9.47 Å². The first-order chi connectivity index (χ1) is 15.5. The lowest BCUT2D eigenvalue weighted by molar-refractivity contribution is 0.174. The van der Waals surface area contributed by atoms with Crippen LogP contribution in [0.3, 0.4) is 0 Å². The van der Waals surface area contributed by atoms with Crippen molar-refractivity contribution in [2.24, 2.45) is 0 Å². The van der Waals surface area contributed by atoms with E-state index in [0.717, 1.165) is 18.4 Å². The second-order valence-corrected chi connectivity index (χ2v) is 9.35.